The Hall–Kier alpha value is -4.00. The van der Waals surface area contributed by atoms with Crippen molar-refractivity contribution < 1.29 is 19.4 Å². The smallest absolute Gasteiger partial charge is 0.330 e. The number of nitrogens with zero attached hydrogens (tertiary/aromatic N) is 1. The van der Waals surface area contributed by atoms with Crippen LogP contribution in [-0.2, 0) is 4.79 Å². The first-order chi connectivity index (χ1) is 14.6. The van der Waals surface area contributed by atoms with Crippen LogP contribution in [0.3, 0.4) is 0 Å². The molecule has 3 aromatic carbocycles. The fourth-order valence-electron chi connectivity index (χ4n) is 3.19. The molecule has 1 atom stereocenters. The van der Waals surface area contributed by atoms with Crippen LogP contribution >= 0.6 is 0 Å². The van der Waals surface area contributed by atoms with Gasteiger partial charge in [-0.2, -0.15) is 5.10 Å². The van der Waals surface area contributed by atoms with Gasteiger partial charge < -0.3 is 25.7 Å². The van der Waals surface area contributed by atoms with Gasteiger partial charge >= 0.3 is 5.97 Å². The molecule has 0 radical (unpaired) electrons. The van der Waals surface area contributed by atoms with Crippen LogP contribution in [0.2, 0.25) is 0 Å². The quantitative estimate of drug-likeness (QED) is 0.298. The molecule has 0 bridgehead atoms. The number of benzene rings is 3. The molecule has 7 heteroatoms. The van der Waals surface area contributed by atoms with Crippen molar-refractivity contribution in [2.24, 2.45) is 10.9 Å². The number of carboxylic acids is 1. The number of carbonyl (C=O) groups is 1. The average molecular weight is 405 g/mol. The highest BCUT2D eigenvalue weighted by molar-refractivity contribution is 5.85. The van der Waals surface area contributed by atoms with Crippen molar-refractivity contribution in [1.82, 2.24) is 0 Å². The van der Waals surface area contributed by atoms with Gasteiger partial charge in [0.2, 0.25) is 0 Å². The fourth-order valence-corrected chi connectivity index (χ4v) is 3.19. The Morgan fingerprint density at radius 1 is 1.03 bits per heavy atom. The normalized spacial score (nSPS) is 11.8. The van der Waals surface area contributed by atoms with Gasteiger partial charge in [0.15, 0.2) is 17.5 Å². The maximum absolute atomic E-state index is 12.2. The van der Waals surface area contributed by atoms with E-state index in [1.54, 1.807) is 43.5 Å². The van der Waals surface area contributed by atoms with Crippen molar-refractivity contribution in [3.05, 3.63) is 77.9 Å². The molecule has 7 nitrogen and oxygen atoms in total. The van der Waals surface area contributed by atoms with Crippen molar-refractivity contribution in [3.8, 4) is 22.6 Å². The second kappa shape index (κ2) is 9.47. The molecule has 154 valence electrons. The molecule has 4 N–H and O–H groups in total. The molecule has 0 saturated heterocycles. The number of anilines is 1. The number of rotatable bonds is 8. The third kappa shape index (κ3) is 4.52. The van der Waals surface area contributed by atoms with Crippen molar-refractivity contribution in [3.63, 3.8) is 0 Å². The molecule has 0 fully saturated rings. The van der Waals surface area contributed by atoms with E-state index in [4.69, 9.17) is 15.3 Å². The van der Waals surface area contributed by atoms with Gasteiger partial charge in [0, 0.05) is 5.69 Å². The summed E-state index contributed by atoms with van der Waals surface area (Å²) in [5.41, 5.74) is 3.62. The van der Waals surface area contributed by atoms with Gasteiger partial charge in [0.25, 0.3) is 0 Å². The molecule has 0 saturated carbocycles. The van der Waals surface area contributed by atoms with Gasteiger partial charge in [0.05, 0.1) is 20.4 Å². The molecule has 0 aliphatic carbocycles. The molecule has 30 heavy (non-hydrogen) atoms. The highest BCUT2D eigenvalue weighted by Crippen LogP contribution is 2.39. The molecule has 0 aliphatic rings. The lowest BCUT2D eigenvalue weighted by atomic mass is 9.93. The first kappa shape index (κ1) is 20.7. The first-order valence-electron chi connectivity index (χ1n) is 9.21. The number of hydrazone groups is 1. The van der Waals surface area contributed by atoms with E-state index in [-0.39, 0.29) is 0 Å². The van der Waals surface area contributed by atoms with Crippen molar-refractivity contribution in [2.45, 2.75) is 6.04 Å². The highest BCUT2D eigenvalue weighted by Gasteiger charge is 2.25. The van der Waals surface area contributed by atoms with Crippen molar-refractivity contribution in [2.75, 3.05) is 19.5 Å². The highest BCUT2D eigenvalue weighted by atomic mass is 16.5. The molecule has 3 aromatic rings. The number of methoxy groups -OCH3 is 2. The fraction of sp³-hybridized carbons (Fsp3) is 0.130. The lowest BCUT2D eigenvalue weighted by Crippen LogP contribution is -2.21. The Bertz CT molecular complexity index is 1030. The van der Waals surface area contributed by atoms with E-state index in [9.17, 15) is 9.90 Å². The van der Waals surface area contributed by atoms with E-state index in [0.717, 1.165) is 16.7 Å². The van der Waals surface area contributed by atoms with Gasteiger partial charge in [-0.1, -0.05) is 42.5 Å². The van der Waals surface area contributed by atoms with E-state index in [2.05, 4.69) is 10.4 Å². The van der Waals surface area contributed by atoms with E-state index in [0.29, 0.717) is 22.7 Å². The molecular weight excluding hydrogens is 382 g/mol. The summed E-state index contributed by atoms with van der Waals surface area (Å²) in [6.07, 6.45) is 1.51. The van der Waals surface area contributed by atoms with Crippen molar-refractivity contribution >= 4 is 17.9 Å². The van der Waals surface area contributed by atoms with Gasteiger partial charge in [-0.3, -0.25) is 0 Å². The van der Waals surface area contributed by atoms with Crippen LogP contribution in [-0.4, -0.2) is 31.5 Å². The standard InChI is InChI=1S/C23H23N3O4/c1-29-20-12-18(16-6-4-3-5-7-16)19(13-21(20)30-2)22(23(27)28)26-17-10-8-15(9-11-17)14-25-24/h3-14,22,26H,24H2,1-2H3,(H,27,28). The number of ether oxygens (including phenoxy) is 2. The number of hydrogen-bond donors (Lipinski definition) is 3. The van der Waals surface area contributed by atoms with E-state index in [1.807, 2.05) is 30.3 Å². The first-order valence-corrected chi connectivity index (χ1v) is 9.21. The SMILES string of the molecule is COc1cc(-c2ccccc2)c(C(Nc2ccc(C=NN)cc2)C(=O)O)cc1OC. The van der Waals surface area contributed by atoms with Crippen LogP contribution in [0.5, 0.6) is 11.5 Å². The summed E-state index contributed by atoms with van der Waals surface area (Å²) in [5.74, 6) is 5.13. The third-order valence-electron chi connectivity index (χ3n) is 4.64. The second-order valence-electron chi connectivity index (χ2n) is 6.48. The summed E-state index contributed by atoms with van der Waals surface area (Å²) in [7, 11) is 3.07. The van der Waals surface area contributed by atoms with Crippen LogP contribution in [0.1, 0.15) is 17.2 Å². The molecule has 3 rings (SSSR count). The number of nitrogens with two attached hydrogens (primary N) is 1. The number of aliphatic carboxylic acids is 1. The van der Waals surface area contributed by atoms with Crippen LogP contribution in [0.25, 0.3) is 11.1 Å². The van der Waals surface area contributed by atoms with Crippen LogP contribution in [0, 0.1) is 0 Å². The Morgan fingerprint density at radius 3 is 2.23 bits per heavy atom. The van der Waals surface area contributed by atoms with Crippen LogP contribution < -0.4 is 20.6 Å². The van der Waals surface area contributed by atoms with Crippen molar-refractivity contribution in [1.29, 1.82) is 0 Å². The maximum Gasteiger partial charge on any atom is 0.330 e. The molecule has 0 aliphatic heterocycles. The van der Waals surface area contributed by atoms with Gasteiger partial charge in [-0.25, -0.2) is 4.79 Å². The minimum absolute atomic E-state index is 0.453. The molecule has 0 amide bonds. The van der Waals surface area contributed by atoms with Gasteiger partial charge in [-0.05, 0) is 46.5 Å². The zero-order valence-corrected chi connectivity index (χ0v) is 16.7. The molecule has 0 spiro atoms. The van der Waals surface area contributed by atoms with E-state index in [1.165, 1.54) is 13.3 Å². The molecular formula is C23H23N3O4. The van der Waals surface area contributed by atoms with E-state index < -0.39 is 12.0 Å². The average Bonchev–Trinajstić information content (AvgIpc) is 2.78. The minimum Gasteiger partial charge on any atom is -0.493 e. The van der Waals surface area contributed by atoms with E-state index >= 15 is 0 Å². The molecule has 0 aromatic heterocycles. The zero-order chi connectivity index (χ0) is 21.5. The summed E-state index contributed by atoms with van der Waals surface area (Å²) in [6.45, 7) is 0. The lowest BCUT2D eigenvalue weighted by molar-refractivity contribution is -0.138. The monoisotopic (exact) mass is 405 g/mol. The predicted molar refractivity (Wildman–Crippen MR) is 117 cm³/mol. The Kier molecular flexibility index (Phi) is 6.54. The summed E-state index contributed by atoms with van der Waals surface area (Å²) < 4.78 is 10.9. The summed E-state index contributed by atoms with van der Waals surface area (Å²) in [5, 5.41) is 16.6. The van der Waals surface area contributed by atoms with Gasteiger partial charge in [0.1, 0.15) is 0 Å². The Morgan fingerprint density at radius 2 is 1.67 bits per heavy atom. The second-order valence-corrected chi connectivity index (χ2v) is 6.48. The predicted octanol–water partition coefficient (Wildman–Crippen LogP) is 3.90. The summed E-state index contributed by atoms with van der Waals surface area (Å²) in [4.78, 5) is 12.2. The number of carboxylic acid groups (broad SMARTS) is 1. The summed E-state index contributed by atoms with van der Waals surface area (Å²) >= 11 is 0. The maximum atomic E-state index is 12.2. The number of hydrogen-bond acceptors (Lipinski definition) is 6. The van der Waals surface area contributed by atoms with Crippen LogP contribution in [0.4, 0.5) is 5.69 Å². The number of nitrogens with one attached hydrogen (secondary N) is 1. The zero-order valence-electron chi connectivity index (χ0n) is 16.7. The lowest BCUT2D eigenvalue weighted by Gasteiger charge is -2.22. The molecule has 1 unspecified atom stereocenters. The largest absolute Gasteiger partial charge is 0.493 e. The third-order valence-corrected chi connectivity index (χ3v) is 4.64. The summed E-state index contributed by atoms with van der Waals surface area (Å²) in [6, 6.07) is 19.2. The topological polar surface area (TPSA) is 106 Å². The van der Waals surface area contributed by atoms with Gasteiger partial charge in [-0.15, -0.1) is 0 Å². The Balaban J connectivity index is 2.09. The molecule has 0 heterocycles. The van der Waals surface area contributed by atoms with Crippen LogP contribution in [0.15, 0.2) is 71.8 Å². The Labute approximate surface area is 174 Å². The minimum atomic E-state index is -1.02.